The van der Waals surface area contributed by atoms with Gasteiger partial charge in [-0.2, -0.15) is 0 Å². The van der Waals surface area contributed by atoms with E-state index in [1.165, 1.54) is 4.90 Å². The van der Waals surface area contributed by atoms with Crippen molar-refractivity contribution >= 4 is 12.1 Å². The standard InChI is InChI=1S/C13H20FNO4/c1-12(2,3)19-11(18)15-5-4-13(9(14)7-15)6-8(13)10(16)17/h8-9H,4-7H2,1-3H3,(H,16,17). The molecule has 0 aromatic heterocycles. The zero-order chi connectivity index (χ0) is 14.4. The summed E-state index contributed by atoms with van der Waals surface area (Å²) in [5.74, 6) is -1.53. The molecular formula is C13H20FNO4. The van der Waals surface area contributed by atoms with E-state index in [0.29, 0.717) is 19.4 Å². The number of carboxylic acid groups (broad SMARTS) is 1. The van der Waals surface area contributed by atoms with Gasteiger partial charge in [-0.15, -0.1) is 0 Å². The molecular weight excluding hydrogens is 253 g/mol. The number of carbonyl (C=O) groups excluding carboxylic acids is 1. The van der Waals surface area contributed by atoms with Crippen LogP contribution in [0.3, 0.4) is 0 Å². The predicted molar refractivity (Wildman–Crippen MR) is 65.5 cm³/mol. The van der Waals surface area contributed by atoms with E-state index in [0.717, 1.165) is 0 Å². The Kier molecular flexibility index (Phi) is 3.23. The molecule has 1 heterocycles. The molecule has 1 aliphatic heterocycles. The second-order valence-corrected chi connectivity index (χ2v) is 6.47. The van der Waals surface area contributed by atoms with E-state index in [9.17, 15) is 14.0 Å². The number of halogens is 1. The molecule has 1 spiro atoms. The number of nitrogens with zero attached hydrogens (tertiary/aromatic N) is 1. The summed E-state index contributed by atoms with van der Waals surface area (Å²) in [6.07, 6.45) is -1.04. The van der Waals surface area contributed by atoms with Crippen LogP contribution in [-0.4, -0.2) is 46.9 Å². The molecule has 1 amide bonds. The van der Waals surface area contributed by atoms with Gasteiger partial charge in [0.2, 0.25) is 0 Å². The lowest BCUT2D eigenvalue weighted by atomic mass is 9.89. The minimum atomic E-state index is -1.28. The summed E-state index contributed by atoms with van der Waals surface area (Å²) in [5, 5.41) is 8.94. The summed E-state index contributed by atoms with van der Waals surface area (Å²) in [4.78, 5) is 24.1. The molecule has 19 heavy (non-hydrogen) atoms. The number of hydrogen-bond acceptors (Lipinski definition) is 3. The molecule has 1 aliphatic carbocycles. The second-order valence-electron chi connectivity index (χ2n) is 6.47. The minimum Gasteiger partial charge on any atom is -0.481 e. The van der Waals surface area contributed by atoms with Gasteiger partial charge >= 0.3 is 12.1 Å². The fourth-order valence-corrected chi connectivity index (χ4v) is 2.74. The number of alkyl halides is 1. The summed E-state index contributed by atoms with van der Waals surface area (Å²) in [5.41, 5.74) is -1.36. The third-order valence-corrected chi connectivity index (χ3v) is 3.92. The van der Waals surface area contributed by atoms with Gasteiger partial charge in [-0.3, -0.25) is 4.79 Å². The average molecular weight is 273 g/mol. The van der Waals surface area contributed by atoms with Crippen molar-refractivity contribution in [3.63, 3.8) is 0 Å². The minimum absolute atomic E-state index is 0.0707. The Morgan fingerprint density at radius 3 is 2.47 bits per heavy atom. The zero-order valence-electron chi connectivity index (χ0n) is 11.5. The van der Waals surface area contributed by atoms with Crippen molar-refractivity contribution in [1.82, 2.24) is 4.90 Å². The van der Waals surface area contributed by atoms with Gasteiger partial charge in [0, 0.05) is 12.0 Å². The molecule has 108 valence electrons. The van der Waals surface area contributed by atoms with Crippen molar-refractivity contribution in [3.05, 3.63) is 0 Å². The Morgan fingerprint density at radius 2 is 2.05 bits per heavy atom. The maximum absolute atomic E-state index is 14.2. The predicted octanol–water partition coefficient (Wildman–Crippen LogP) is 2.06. The van der Waals surface area contributed by atoms with Gasteiger partial charge in [0.1, 0.15) is 11.8 Å². The van der Waals surface area contributed by atoms with Crippen LogP contribution in [0.4, 0.5) is 9.18 Å². The Bertz CT molecular complexity index is 406. The van der Waals surface area contributed by atoms with E-state index in [4.69, 9.17) is 9.84 Å². The first-order valence-corrected chi connectivity index (χ1v) is 6.50. The molecule has 3 unspecified atom stereocenters. The summed E-state index contributed by atoms with van der Waals surface area (Å²) in [7, 11) is 0. The van der Waals surface area contributed by atoms with Crippen molar-refractivity contribution in [1.29, 1.82) is 0 Å². The molecule has 0 aromatic carbocycles. The van der Waals surface area contributed by atoms with Crippen LogP contribution in [0.25, 0.3) is 0 Å². The first-order chi connectivity index (χ1) is 8.66. The SMILES string of the molecule is CC(C)(C)OC(=O)N1CCC2(CC2C(=O)O)C(F)C1. The van der Waals surface area contributed by atoms with Crippen molar-refractivity contribution in [2.45, 2.75) is 45.4 Å². The lowest BCUT2D eigenvalue weighted by molar-refractivity contribution is -0.140. The van der Waals surface area contributed by atoms with Crippen LogP contribution < -0.4 is 0 Å². The molecule has 1 N–H and O–H groups in total. The maximum Gasteiger partial charge on any atom is 0.410 e. The lowest BCUT2D eigenvalue weighted by Gasteiger charge is -2.36. The van der Waals surface area contributed by atoms with E-state index < -0.39 is 35.2 Å². The molecule has 0 radical (unpaired) electrons. The van der Waals surface area contributed by atoms with Gasteiger partial charge in [-0.25, -0.2) is 9.18 Å². The van der Waals surface area contributed by atoms with Gasteiger partial charge in [0.15, 0.2) is 0 Å². The highest BCUT2D eigenvalue weighted by atomic mass is 19.1. The van der Waals surface area contributed by atoms with Crippen molar-refractivity contribution in [2.75, 3.05) is 13.1 Å². The van der Waals surface area contributed by atoms with E-state index in [1.54, 1.807) is 20.8 Å². The van der Waals surface area contributed by atoms with Gasteiger partial charge < -0.3 is 14.7 Å². The van der Waals surface area contributed by atoms with Crippen LogP contribution in [0, 0.1) is 11.3 Å². The number of hydrogen-bond donors (Lipinski definition) is 1. The first kappa shape index (κ1) is 14.1. The van der Waals surface area contributed by atoms with Crippen molar-refractivity contribution in [3.8, 4) is 0 Å². The highest BCUT2D eigenvalue weighted by molar-refractivity contribution is 5.75. The number of likely N-dealkylation sites (tertiary alicyclic amines) is 1. The van der Waals surface area contributed by atoms with Crippen LogP contribution in [0.15, 0.2) is 0 Å². The Balaban J connectivity index is 1.94. The fraction of sp³-hybridized carbons (Fsp3) is 0.846. The molecule has 1 saturated heterocycles. The van der Waals surface area contributed by atoms with Crippen molar-refractivity contribution < 1.29 is 23.8 Å². The third kappa shape index (κ3) is 2.67. The molecule has 1 saturated carbocycles. The second kappa shape index (κ2) is 4.35. The van der Waals surface area contributed by atoms with Crippen LogP contribution in [0.5, 0.6) is 0 Å². The summed E-state index contributed by atoms with van der Waals surface area (Å²) in [6, 6.07) is 0. The van der Waals surface area contributed by atoms with Crippen LogP contribution in [0.2, 0.25) is 0 Å². The Hall–Kier alpha value is -1.33. The lowest BCUT2D eigenvalue weighted by Crippen LogP contribution is -2.48. The number of piperidine rings is 1. The van der Waals surface area contributed by atoms with Crippen LogP contribution in [0.1, 0.15) is 33.6 Å². The monoisotopic (exact) mass is 273 g/mol. The number of carboxylic acids is 1. The van der Waals surface area contributed by atoms with Crippen LogP contribution >= 0.6 is 0 Å². The zero-order valence-corrected chi connectivity index (χ0v) is 11.5. The molecule has 3 atom stereocenters. The Morgan fingerprint density at radius 1 is 1.42 bits per heavy atom. The topological polar surface area (TPSA) is 66.8 Å². The number of carbonyl (C=O) groups is 2. The number of rotatable bonds is 1. The smallest absolute Gasteiger partial charge is 0.410 e. The van der Waals surface area contributed by atoms with E-state index in [1.807, 2.05) is 0 Å². The molecule has 5 nitrogen and oxygen atoms in total. The Labute approximate surface area is 111 Å². The maximum atomic E-state index is 14.2. The summed E-state index contributed by atoms with van der Waals surface area (Å²) < 4.78 is 19.4. The first-order valence-electron chi connectivity index (χ1n) is 6.50. The normalized spacial score (nSPS) is 34.2. The highest BCUT2D eigenvalue weighted by Crippen LogP contribution is 2.60. The molecule has 2 rings (SSSR count). The highest BCUT2D eigenvalue weighted by Gasteiger charge is 2.65. The van der Waals surface area contributed by atoms with E-state index in [2.05, 4.69) is 0 Å². The summed E-state index contributed by atoms with van der Waals surface area (Å²) >= 11 is 0. The van der Waals surface area contributed by atoms with Gasteiger partial charge in [0.05, 0.1) is 12.5 Å². The molecule has 0 aromatic rings. The number of amides is 1. The average Bonchev–Trinajstić information content (AvgIpc) is 2.96. The number of aliphatic carboxylic acids is 1. The molecule has 0 bridgehead atoms. The fourth-order valence-electron chi connectivity index (χ4n) is 2.74. The van der Waals surface area contributed by atoms with E-state index in [-0.39, 0.29) is 6.54 Å². The molecule has 6 heteroatoms. The van der Waals surface area contributed by atoms with Crippen LogP contribution in [-0.2, 0) is 9.53 Å². The molecule has 2 fully saturated rings. The van der Waals surface area contributed by atoms with Crippen molar-refractivity contribution in [2.24, 2.45) is 11.3 Å². The quantitative estimate of drug-likeness (QED) is 0.794. The van der Waals surface area contributed by atoms with Gasteiger partial charge in [-0.1, -0.05) is 0 Å². The van der Waals surface area contributed by atoms with Gasteiger partial charge in [0.25, 0.3) is 0 Å². The van der Waals surface area contributed by atoms with E-state index >= 15 is 0 Å². The summed E-state index contributed by atoms with van der Waals surface area (Å²) in [6.45, 7) is 5.55. The number of ether oxygens (including phenoxy) is 1. The largest absolute Gasteiger partial charge is 0.481 e. The third-order valence-electron chi connectivity index (χ3n) is 3.92. The van der Waals surface area contributed by atoms with Gasteiger partial charge in [-0.05, 0) is 33.6 Å². The molecule has 2 aliphatic rings.